The largest absolute Gasteiger partial charge is 0.496 e. The van der Waals surface area contributed by atoms with Crippen LogP contribution >= 0.6 is 11.6 Å². The molecule has 0 fully saturated rings. The molecule has 1 aromatic carbocycles. The first-order chi connectivity index (χ1) is 9.65. The van der Waals surface area contributed by atoms with Gasteiger partial charge in [0, 0.05) is 19.2 Å². The van der Waals surface area contributed by atoms with Gasteiger partial charge in [-0.25, -0.2) is 10.8 Å². The minimum atomic E-state index is 0.316. The molecule has 6 nitrogen and oxygen atoms in total. The summed E-state index contributed by atoms with van der Waals surface area (Å²) in [6.45, 7) is 0.602. The summed E-state index contributed by atoms with van der Waals surface area (Å²) >= 11 is 6.12. The molecule has 0 unspecified atom stereocenters. The van der Waals surface area contributed by atoms with Gasteiger partial charge in [0.25, 0.3) is 0 Å². The molecule has 0 aliphatic heterocycles. The number of hydrazine groups is 1. The highest BCUT2D eigenvalue weighted by molar-refractivity contribution is 6.32. The zero-order valence-corrected chi connectivity index (χ0v) is 12.1. The molecule has 0 radical (unpaired) electrons. The molecule has 0 saturated heterocycles. The molecule has 2 rings (SSSR count). The minimum absolute atomic E-state index is 0.316. The van der Waals surface area contributed by atoms with Gasteiger partial charge in [-0.3, -0.25) is 5.43 Å². The van der Waals surface area contributed by atoms with Crippen LogP contribution in [0.15, 0.2) is 30.5 Å². The Morgan fingerprint density at radius 3 is 2.85 bits per heavy atom. The monoisotopic (exact) mass is 293 g/mol. The first kappa shape index (κ1) is 14.4. The van der Waals surface area contributed by atoms with Gasteiger partial charge in [-0.1, -0.05) is 29.8 Å². The lowest BCUT2D eigenvalue weighted by Gasteiger charge is -2.20. The molecule has 0 saturated carbocycles. The minimum Gasteiger partial charge on any atom is -0.496 e. The molecule has 0 aliphatic carbocycles. The molecule has 2 aromatic rings. The molecule has 0 spiro atoms. The molecule has 0 amide bonds. The lowest BCUT2D eigenvalue weighted by atomic mass is 10.2. The highest BCUT2D eigenvalue weighted by Crippen LogP contribution is 2.26. The van der Waals surface area contributed by atoms with Crippen molar-refractivity contribution in [3.8, 4) is 5.75 Å². The van der Waals surface area contributed by atoms with Crippen LogP contribution in [0.2, 0.25) is 5.02 Å². The number of para-hydroxylation sites is 1. The van der Waals surface area contributed by atoms with Gasteiger partial charge in [-0.15, -0.1) is 0 Å². The number of nitrogen functional groups attached to an aromatic ring is 1. The fraction of sp³-hybridized carbons (Fsp3) is 0.231. The van der Waals surface area contributed by atoms with Crippen LogP contribution in [0.1, 0.15) is 5.56 Å². The summed E-state index contributed by atoms with van der Waals surface area (Å²) in [7, 11) is 3.54. The van der Waals surface area contributed by atoms with E-state index in [1.165, 1.54) is 6.20 Å². The average Bonchev–Trinajstić information content (AvgIpc) is 2.48. The Bertz CT molecular complexity index is 593. The third-order valence-electron chi connectivity index (χ3n) is 2.82. The molecule has 7 heteroatoms. The molecule has 0 aliphatic rings. The van der Waals surface area contributed by atoms with Gasteiger partial charge in [-0.2, -0.15) is 4.98 Å². The van der Waals surface area contributed by atoms with Crippen molar-refractivity contribution in [2.75, 3.05) is 24.5 Å². The van der Waals surface area contributed by atoms with Gasteiger partial charge in [0.1, 0.15) is 10.8 Å². The number of halogens is 1. The average molecular weight is 294 g/mol. The smallest absolute Gasteiger partial charge is 0.239 e. The van der Waals surface area contributed by atoms with Gasteiger partial charge >= 0.3 is 0 Å². The van der Waals surface area contributed by atoms with E-state index in [0.717, 1.165) is 11.3 Å². The predicted octanol–water partition coefficient (Wildman–Crippen LogP) is 2.06. The Morgan fingerprint density at radius 2 is 2.15 bits per heavy atom. The summed E-state index contributed by atoms with van der Waals surface area (Å²) in [4.78, 5) is 10.1. The van der Waals surface area contributed by atoms with Crippen molar-refractivity contribution >= 4 is 23.4 Å². The quantitative estimate of drug-likeness (QED) is 0.649. The van der Waals surface area contributed by atoms with Crippen molar-refractivity contribution in [2.24, 2.45) is 5.84 Å². The van der Waals surface area contributed by atoms with Gasteiger partial charge in [0.15, 0.2) is 5.82 Å². The van der Waals surface area contributed by atoms with Crippen LogP contribution in [0.5, 0.6) is 5.75 Å². The van der Waals surface area contributed by atoms with Gasteiger partial charge < -0.3 is 9.64 Å². The lowest BCUT2D eigenvalue weighted by molar-refractivity contribution is 0.409. The van der Waals surface area contributed by atoms with Crippen molar-refractivity contribution in [3.63, 3.8) is 0 Å². The van der Waals surface area contributed by atoms with Crippen molar-refractivity contribution in [1.29, 1.82) is 0 Å². The summed E-state index contributed by atoms with van der Waals surface area (Å²) in [6.07, 6.45) is 1.51. The van der Waals surface area contributed by atoms with Crippen LogP contribution in [0.25, 0.3) is 0 Å². The molecule has 1 aromatic heterocycles. The van der Waals surface area contributed by atoms with Gasteiger partial charge in [0.2, 0.25) is 5.95 Å². The van der Waals surface area contributed by atoms with Crippen LogP contribution in [-0.2, 0) is 6.54 Å². The summed E-state index contributed by atoms with van der Waals surface area (Å²) in [6, 6.07) is 7.79. The maximum Gasteiger partial charge on any atom is 0.239 e. The van der Waals surface area contributed by atoms with Crippen molar-refractivity contribution < 1.29 is 4.74 Å². The highest BCUT2D eigenvalue weighted by Gasteiger charge is 2.12. The van der Waals surface area contributed by atoms with Gasteiger partial charge in [-0.05, 0) is 6.07 Å². The summed E-state index contributed by atoms with van der Waals surface area (Å²) < 4.78 is 5.33. The van der Waals surface area contributed by atoms with E-state index in [9.17, 15) is 0 Å². The highest BCUT2D eigenvalue weighted by atomic mass is 35.5. The number of aromatic nitrogens is 2. The normalized spacial score (nSPS) is 10.2. The first-order valence-corrected chi connectivity index (χ1v) is 6.35. The SMILES string of the molecule is COc1ccccc1CN(C)c1nc(NN)ncc1Cl. The number of benzene rings is 1. The zero-order valence-electron chi connectivity index (χ0n) is 11.3. The molecule has 106 valence electrons. The van der Waals surface area contributed by atoms with E-state index in [4.69, 9.17) is 22.2 Å². The third-order valence-corrected chi connectivity index (χ3v) is 3.08. The second-order valence-corrected chi connectivity index (χ2v) is 4.58. The van der Waals surface area contributed by atoms with Crippen LogP contribution in [0.3, 0.4) is 0 Å². The second-order valence-electron chi connectivity index (χ2n) is 4.18. The van der Waals surface area contributed by atoms with E-state index in [-0.39, 0.29) is 0 Å². The molecular weight excluding hydrogens is 278 g/mol. The van der Waals surface area contributed by atoms with E-state index in [2.05, 4.69) is 15.4 Å². The molecule has 0 bridgehead atoms. The van der Waals surface area contributed by atoms with E-state index >= 15 is 0 Å². The number of anilines is 2. The molecule has 1 heterocycles. The van der Waals surface area contributed by atoms with E-state index in [0.29, 0.717) is 23.3 Å². The molecular formula is C13H16ClN5O. The number of hydrogen-bond acceptors (Lipinski definition) is 6. The Kier molecular flexibility index (Phi) is 4.60. The standard InChI is InChI=1S/C13H16ClN5O/c1-19(8-9-5-3-4-6-11(9)20-2)12-10(14)7-16-13(17-12)18-15/h3-7H,8,15H2,1-2H3,(H,16,17,18). The number of ether oxygens (including phenoxy) is 1. The van der Waals surface area contributed by atoms with E-state index < -0.39 is 0 Å². The van der Waals surface area contributed by atoms with Crippen LogP contribution in [-0.4, -0.2) is 24.1 Å². The maximum atomic E-state index is 6.12. The first-order valence-electron chi connectivity index (χ1n) is 5.98. The number of rotatable bonds is 5. The van der Waals surface area contributed by atoms with E-state index in [1.807, 2.05) is 36.2 Å². The summed E-state index contributed by atoms with van der Waals surface area (Å²) in [5.41, 5.74) is 3.44. The number of nitrogens with zero attached hydrogens (tertiary/aromatic N) is 3. The predicted molar refractivity (Wildman–Crippen MR) is 80.0 cm³/mol. The zero-order chi connectivity index (χ0) is 14.5. The summed E-state index contributed by atoms with van der Waals surface area (Å²) in [5.74, 6) is 7.05. The Morgan fingerprint density at radius 1 is 1.40 bits per heavy atom. The molecule has 0 atom stereocenters. The topological polar surface area (TPSA) is 76.3 Å². The van der Waals surface area contributed by atoms with Gasteiger partial charge in [0.05, 0.1) is 13.3 Å². The lowest BCUT2D eigenvalue weighted by Crippen LogP contribution is -2.20. The van der Waals surface area contributed by atoms with Crippen LogP contribution < -0.4 is 20.9 Å². The fourth-order valence-corrected chi connectivity index (χ4v) is 2.09. The van der Waals surface area contributed by atoms with Crippen molar-refractivity contribution in [2.45, 2.75) is 6.54 Å². The van der Waals surface area contributed by atoms with Crippen LogP contribution in [0.4, 0.5) is 11.8 Å². The maximum absolute atomic E-state index is 6.12. The van der Waals surface area contributed by atoms with E-state index in [1.54, 1.807) is 7.11 Å². The fourth-order valence-electron chi connectivity index (χ4n) is 1.86. The van der Waals surface area contributed by atoms with Crippen molar-refractivity contribution in [3.05, 3.63) is 41.0 Å². The Balaban J connectivity index is 2.25. The number of methoxy groups -OCH3 is 1. The van der Waals surface area contributed by atoms with Crippen molar-refractivity contribution in [1.82, 2.24) is 9.97 Å². The Hall–Kier alpha value is -2.05. The number of nitrogens with two attached hydrogens (primary N) is 1. The molecule has 3 N–H and O–H groups in total. The Labute approximate surface area is 122 Å². The van der Waals surface area contributed by atoms with Crippen LogP contribution in [0, 0.1) is 0 Å². The number of hydrogen-bond donors (Lipinski definition) is 2. The summed E-state index contributed by atoms with van der Waals surface area (Å²) in [5, 5.41) is 0.460. The second kappa shape index (κ2) is 6.40. The third kappa shape index (κ3) is 3.09. The number of nitrogens with one attached hydrogen (secondary N) is 1. The molecule has 20 heavy (non-hydrogen) atoms.